The van der Waals surface area contributed by atoms with Crippen LogP contribution in [0.15, 0.2) is 36.5 Å². The molecule has 0 spiro atoms. The third-order valence-corrected chi connectivity index (χ3v) is 5.37. The van der Waals surface area contributed by atoms with Gasteiger partial charge in [-0.2, -0.15) is 0 Å². The van der Waals surface area contributed by atoms with Gasteiger partial charge in [0, 0.05) is 18.1 Å². The van der Waals surface area contributed by atoms with E-state index in [1.54, 1.807) is 12.3 Å². The van der Waals surface area contributed by atoms with Gasteiger partial charge in [-0.1, -0.05) is 6.07 Å². The second-order valence-electron chi connectivity index (χ2n) is 4.99. The highest BCUT2D eigenvalue weighted by molar-refractivity contribution is 7.93. The molecule has 2 heterocycles. The van der Waals surface area contributed by atoms with Crippen LogP contribution in [0.4, 0.5) is 5.69 Å². The van der Waals surface area contributed by atoms with Gasteiger partial charge in [0.1, 0.15) is 0 Å². The minimum Gasteiger partial charge on any atom is -0.315 e. The first kappa shape index (κ1) is 13.3. The largest absolute Gasteiger partial charge is 0.315 e. The van der Waals surface area contributed by atoms with E-state index in [1.807, 2.05) is 24.3 Å². The van der Waals surface area contributed by atoms with Crippen molar-refractivity contribution in [1.82, 2.24) is 10.3 Å². The maximum atomic E-state index is 12.4. The van der Waals surface area contributed by atoms with Crippen LogP contribution in [-0.4, -0.2) is 31.7 Å². The molecule has 1 saturated heterocycles. The van der Waals surface area contributed by atoms with E-state index >= 15 is 0 Å². The summed E-state index contributed by atoms with van der Waals surface area (Å²) in [5.74, 6) is 0. The summed E-state index contributed by atoms with van der Waals surface area (Å²) in [5, 5.41) is 3.58. The number of hydrogen-bond donors (Lipinski definition) is 2. The Bertz CT molecular complexity index is 704. The zero-order valence-electron chi connectivity index (χ0n) is 11.0. The van der Waals surface area contributed by atoms with Crippen molar-refractivity contribution in [2.45, 2.75) is 18.1 Å². The minimum atomic E-state index is -3.37. The van der Waals surface area contributed by atoms with E-state index in [9.17, 15) is 8.42 Å². The maximum absolute atomic E-state index is 12.4. The van der Waals surface area contributed by atoms with Gasteiger partial charge >= 0.3 is 0 Å². The highest BCUT2D eigenvalue weighted by Gasteiger charge is 2.27. The van der Waals surface area contributed by atoms with Crippen molar-refractivity contribution < 1.29 is 8.42 Å². The molecule has 1 aromatic carbocycles. The lowest BCUT2D eigenvalue weighted by molar-refractivity contribution is 0.499. The number of benzene rings is 1. The predicted octanol–water partition coefficient (Wildman–Crippen LogP) is 1.73. The average Bonchev–Trinajstić information content (AvgIpc) is 2.48. The summed E-state index contributed by atoms with van der Waals surface area (Å²) in [5.41, 5.74) is 1.38. The van der Waals surface area contributed by atoms with Gasteiger partial charge in [0.2, 0.25) is 10.0 Å². The van der Waals surface area contributed by atoms with Crippen molar-refractivity contribution in [3.8, 4) is 0 Å². The first-order valence-corrected chi connectivity index (χ1v) is 8.27. The first-order valence-electron chi connectivity index (χ1n) is 6.73. The first-order chi connectivity index (χ1) is 9.67. The molecule has 2 N–H and O–H groups in total. The molecule has 106 valence electrons. The zero-order chi connectivity index (χ0) is 14.0. The number of aromatic nitrogens is 1. The fourth-order valence-electron chi connectivity index (χ4n) is 2.51. The number of anilines is 1. The van der Waals surface area contributed by atoms with Crippen molar-refractivity contribution in [2.75, 3.05) is 17.8 Å². The number of nitrogens with one attached hydrogen (secondary N) is 2. The molecule has 0 bridgehead atoms. The van der Waals surface area contributed by atoms with Gasteiger partial charge in [0.15, 0.2) is 0 Å². The third-order valence-electron chi connectivity index (χ3n) is 3.59. The van der Waals surface area contributed by atoms with Crippen LogP contribution >= 0.6 is 0 Å². The van der Waals surface area contributed by atoms with Crippen molar-refractivity contribution in [3.63, 3.8) is 0 Å². The molecule has 5 nitrogen and oxygen atoms in total. The van der Waals surface area contributed by atoms with Crippen LogP contribution in [0.25, 0.3) is 10.9 Å². The Morgan fingerprint density at radius 2 is 2.15 bits per heavy atom. The topological polar surface area (TPSA) is 71.1 Å². The summed E-state index contributed by atoms with van der Waals surface area (Å²) < 4.78 is 27.6. The fraction of sp³-hybridized carbons (Fsp3) is 0.357. The summed E-state index contributed by atoms with van der Waals surface area (Å²) in [6.45, 7) is 1.41. The van der Waals surface area contributed by atoms with Crippen molar-refractivity contribution in [1.29, 1.82) is 0 Å². The summed E-state index contributed by atoms with van der Waals surface area (Å²) in [7, 11) is -3.37. The Balaban J connectivity index is 1.92. The van der Waals surface area contributed by atoms with Crippen molar-refractivity contribution in [2.24, 2.45) is 0 Å². The van der Waals surface area contributed by atoms with Crippen LogP contribution in [-0.2, 0) is 10.0 Å². The molecule has 3 rings (SSSR count). The molecule has 2 aromatic rings. The van der Waals surface area contributed by atoms with Gasteiger partial charge < -0.3 is 5.32 Å². The lowest BCUT2D eigenvalue weighted by Gasteiger charge is -2.23. The van der Waals surface area contributed by atoms with E-state index in [1.165, 1.54) is 0 Å². The normalized spacial score (nSPS) is 19.9. The molecule has 1 atom stereocenters. The summed E-state index contributed by atoms with van der Waals surface area (Å²) in [6, 6.07) is 9.14. The SMILES string of the molecule is O=S(=O)(Nc1cccc2ncccc12)C1CCCNC1. The molecule has 1 fully saturated rings. The van der Waals surface area contributed by atoms with Crippen LogP contribution in [0.3, 0.4) is 0 Å². The molecule has 1 aromatic heterocycles. The van der Waals surface area contributed by atoms with E-state index < -0.39 is 10.0 Å². The lowest BCUT2D eigenvalue weighted by atomic mass is 10.2. The number of nitrogens with zero attached hydrogens (tertiary/aromatic N) is 1. The van der Waals surface area contributed by atoms with Gasteiger partial charge in [-0.15, -0.1) is 0 Å². The van der Waals surface area contributed by atoms with Gasteiger partial charge in [-0.05, 0) is 43.7 Å². The number of piperidine rings is 1. The molecule has 0 amide bonds. The molecule has 0 saturated carbocycles. The lowest BCUT2D eigenvalue weighted by Crippen LogP contribution is -2.41. The standard InChI is InChI=1S/C14H17N3O2S/c18-20(19,11-4-2-8-15-10-11)17-14-7-1-6-13-12(14)5-3-9-16-13/h1,3,5-7,9,11,15,17H,2,4,8,10H2. The molecular weight excluding hydrogens is 274 g/mol. The zero-order valence-corrected chi connectivity index (χ0v) is 11.9. The van der Waals surface area contributed by atoms with E-state index in [0.29, 0.717) is 18.7 Å². The molecule has 0 radical (unpaired) electrons. The average molecular weight is 291 g/mol. The number of sulfonamides is 1. The number of rotatable bonds is 3. The molecular formula is C14H17N3O2S. The molecule has 1 aliphatic heterocycles. The van der Waals surface area contributed by atoms with Gasteiger partial charge in [0.25, 0.3) is 0 Å². The van der Waals surface area contributed by atoms with Crippen LogP contribution < -0.4 is 10.0 Å². The van der Waals surface area contributed by atoms with Gasteiger partial charge in [-0.25, -0.2) is 8.42 Å². The van der Waals surface area contributed by atoms with Gasteiger partial charge in [-0.3, -0.25) is 9.71 Å². The smallest absolute Gasteiger partial charge is 0.236 e. The Morgan fingerprint density at radius 3 is 2.95 bits per heavy atom. The highest BCUT2D eigenvalue weighted by Crippen LogP contribution is 2.24. The van der Waals surface area contributed by atoms with Crippen LogP contribution in [0.5, 0.6) is 0 Å². The maximum Gasteiger partial charge on any atom is 0.236 e. The Hall–Kier alpha value is -1.66. The molecule has 6 heteroatoms. The van der Waals surface area contributed by atoms with E-state index in [-0.39, 0.29) is 5.25 Å². The third kappa shape index (κ3) is 2.62. The van der Waals surface area contributed by atoms with E-state index in [0.717, 1.165) is 23.9 Å². The van der Waals surface area contributed by atoms with E-state index in [4.69, 9.17) is 0 Å². The quantitative estimate of drug-likeness (QED) is 0.903. The van der Waals surface area contributed by atoms with Gasteiger partial charge in [0.05, 0.1) is 16.5 Å². The monoisotopic (exact) mass is 291 g/mol. The summed E-state index contributed by atoms with van der Waals surface area (Å²) in [6.07, 6.45) is 3.29. The molecule has 0 aliphatic carbocycles. The second kappa shape index (κ2) is 5.38. The Kier molecular flexibility index (Phi) is 3.58. The van der Waals surface area contributed by atoms with Crippen LogP contribution in [0.2, 0.25) is 0 Å². The number of pyridine rings is 1. The number of hydrogen-bond acceptors (Lipinski definition) is 4. The second-order valence-corrected chi connectivity index (χ2v) is 6.95. The molecule has 1 unspecified atom stereocenters. The molecule has 1 aliphatic rings. The minimum absolute atomic E-state index is 0.372. The Labute approximate surface area is 118 Å². The fourth-order valence-corrected chi connectivity index (χ4v) is 3.98. The summed E-state index contributed by atoms with van der Waals surface area (Å²) >= 11 is 0. The van der Waals surface area contributed by atoms with Crippen molar-refractivity contribution in [3.05, 3.63) is 36.5 Å². The Morgan fingerprint density at radius 1 is 1.25 bits per heavy atom. The number of fused-ring (bicyclic) bond motifs is 1. The van der Waals surface area contributed by atoms with E-state index in [2.05, 4.69) is 15.0 Å². The van der Waals surface area contributed by atoms with Crippen LogP contribution in [0.1, 0.15) is 12.8 Å². The van der Waals surface area contributed by atoms with Crippen LogP contribution in [0, 0.1) is 0 Å². The summed E-state index contributed by atoms with van der Waals surface area (Å²) in [4.78, 5) is 4.24. The molecule has 20 heavy (non-hydrogen) atoms. The van der Waals surface area contributed by atoms with Crippen molar-refractivity contribution >= 4 is 26.6 Å². The highest BCUT2D eigenvalue weighted by atomic mass is 32.2. The predicted molar refractivity (Wildman–Crippen MR) is 80.2 cm³/mol.